The smallest absolute Gasteiger partial charge is 0.0372 e. The summed E-state index contributed by atoms with van der Waals surface area (Å²) in [6.45, 7) is 4.56. The molecule has 0 amide bonds. The molecule has 56 valence electrons. The average Bonchev–Trinajstić information content (AvgIpc) is 2.31. The van der Waals surface area contributed by atoms with Crippen molar-refractivity contribution in [3.8, 4) is 0 Å². The minimum Gasteiger partial charge on any atom is -0.330 e. The molecule has 3 N–H and O–H groups in total. The van der Waals surface area contributed by atoms with Crippen molar-refractivity contribution < 1.29 is 0 Å². The summed E-state index contributed by atoms with van der Waals surface area (Å²) in [6.07, 6.45) is 3.99. The molecule has 1 aliphatic heterocycles. The summed E-state index contributed by atoms with van der Waals surface area (Å²) in [6, 6.07) is 0. The van der Waals surface area contributed by atoms with E-state index in [0.29, 0.717) is 5.92 Å². The van der Waals surface area contributed by atoms with Gasteiger partial charge in [-0.05, 0) is 19.4 Å². The first-order valence-corrected chi connectivity index (χ1v) is 3.52. The van der Waals surface area contributed by atoms with Gasteiger partial charge in [0.15, 0.2) is 0 Å². The Bertz CT molecular complexity index is 151. The fourth-order valence-corrected chi connectivity index (χ4v) is 0.970. The van der Waals surface area contributed by atoms with Crippen molar-refractivity contribution in [2.24, 2.45) is 16.8 Å². The maximum atomic E-state index is 5.36. The van der Waals surface area contributed by atoms with Gasteiger partial charge in [0, 0.05) is 17.8 Å². The van der Waals surface area contributed by atoms with Crippen LogP contribution in [-0.4, -0.2) is 12.8 Å². The Morgan fingerprint density at radius 3 is 3.10 bits per heavy atom. The highest BCUT2D eigenvalue weighted by atomic mass is 15.3. The third-order valence-corrected chi connectivity index (χ3v) is 1.63. The Hall–Kier alpha value is -0.830. The third-order valence-electron chi connectivity index (χ3n) is 1.63. The molecule has 0 aliphatic carbocycles. The predicted molar refractivity (Wildman–Crippen MR) is 42.5 cm³/mol. The summed E-state index contributed by atoms with van der Waals surface area (Å²) in [5.74, 6) is 0.406. The van der Waals surface area contributed by atoms with E-state index in [0.717, 1.165) is 25.1 Å². The molecule has 1 unspecified atom stereocenters. The maximum Gasteiger partial charge on any atom is 0.0372 e. The largest absolute Gasteiger partial charge is 0.330 e. The molecule has 0 aromatic carbocycles. The summed E-state index contributed by atoms with van der Waals surface area (Å²) < 4.78 is 0. The molecule has 0 aromatic rings. The van der Waals surface area contributed by atoms with Crippen molar-refractivity contribution in [3.05, 3.63) is 12.3 Å². The topological polar surface area (TPSA) is 50.4 Å². The SMILES string of the molecule is C=C1NN=CC1CCCN. The molecule has 1 atom stereocenters. The summed E-state index contributed by atoms with van der Waals surface area (Å²) >= 11 is 0. The van der Waals surface area contributed by atoms with Crippen molar-refractivity contribution in [3.63, 3.8) is 0 Å². The van der Waals surface area contributed by atoms with E-state index in [4.69, 9.17) is 5.73 Å². The number of nitrogens with one attached hydrogen (secondary N) is 1. The first kappa shape index (κ1) is 7.28. The van der Waals surface area contributed by atoms with Crippen molar-refractivity contribution >= 4 is 6.21 Å². The zero-order valence-electron chi connectivity index (χ0n) is 6.01. The lowest BCUT2D eigenvalue weighted by Gasteiger charge is -2.05. The number of allylic oxidation sites excluding steroid dienone is 1. The monoisotopic (exact) mass is 139 g/mol. The van der Waals surface area contributed by atoms with E-state index in [1.807, 2.05) is 6.21 Å². The van der Waals surface area contributed by atoms with Crippen molar-refractivity contribution in [2.45, 2.75) is 12.8 Å². The van der Waals surface area contributed by atoms with E-state index in [2.05, 4.69) is 17.1 Å². The number of hydrazone groups is 1. The lowest BCUT2D eigenvalue weighted by atomic mass is 10.0. The fraction of sp³-hybridized carbons (Fsp3) is 0.571. The first-order chi connectivity index (χ1) is 4.84. The van der Waals surface area contributed by atoms with Gasteiger partial charge in [0.2, 0.25) is 0 Å². The molecule has 1 aliphatic rings. The lowest BCUT2D eigenvalue weighted by molar-refractivity contribution is 0.660. The minimum atomic E-state index is 0.406. The highest BCUT2D eigenvalue weighted by Crippen LogP contribution is 2.14. The molecule has 0 fully saturated rings. The minimum absolute atomic E-state index is 0.406. The van der Waals surface area contributed by atoms with Gasteiger partial charge in [-0.15, -0.1) is 0 Å². The summed E-state index contributed by atoms with van der Waals surface area (Å²) in [7, 11) is 0. The zero-order valence-corrected chi connectivity index (χ0v) is 6.01. The van der Waals surface area contributed by atoms with E-state index in [1.54, 1.807) is 0 Å². The van der Waals surface area contributed by atoms with Crippen molar-refractivity contribution in [1.29, 1.82) is 0 Å². The first-order valence-electron chi connectivity index (χ1n) is 3.52. The molecule has 1 heterocycles. The summed E-state index contributed by atoms with van der Waals surface area (Å²) in [5.41, 5.74) is 9.16. The third kappa shape index (κ3) is 1.57. The van der Waals surface area contributed by atoms with Crippen LogP contribution in [0.5, 0.6) is 0 Å². The Balaban J connectivity index is 2.27. The van der Waals surface area contributed by atoms with E-state index in [-0.39, 0.29) is 0 Å². The predicted octanol–water partition coefficient (Wildman–Crippen LogP) is 0.444. The van der Waals surface area contributed by atoms with Gasteiger partial charge in [0.05, 0.1) is 0 Å². The van der Waals surface area contributed by atoms with Crippen LogP contribution in [0, 0.1) is 5.92 Å². The quantitative estimate of drug-likeness (QED) is 0.596. The standard InChI is InChI=1S/C7H13N3/c1-6-7(3-2-4-8)5-9-10-6/h5,7,10H,1-4,8H2. The molecular formula is C7H13N3. The molecular weight excluding hydrogens is 126 g/mol. The van der Waals surface area contributed by atoms with Gasteiger partial charge in [0.25, 0.3) is 0 Å². The number of rotatable bonds is 3. The van der Waals surface area contributed by atoms with Crippen LogP contribution in [0.1, 0.15) is 12.8 Å². The van der Waals surface area contributed by atoms with Crippen LogP contribution < -0.4 is 11.2 Å². The molecule has 10 heavy (non-hydrogen) atoms. The molecule has 0 spiro atoms. The van der Waals surface area contributed by atoms with Gasteiger partial charge in [-0.3, -0.25) is 5.43 Å². The normalized spacial score (nSPS) is 23.3. The summed E-state index contributed by atoms with van der Waals surface area (Å²) in [4.78, 5) is 0. The van der Waals surface area contributed by atoms with Crippen molar-refractivity contribution in [2.75, 3.05) is 6.54 Å². The van der Waals surface area contributed by atoms with Gasteiger partial charge < -0.3 is 5.73 Å². The fourth-order valence-electron chi connectivity index (χ4n) is 0.970. The van der Waals surface area contributed by atoms with Crippen LogP contribution in [0.2, 0.25) is 0 Å². The van der Waals surface area contributed by atoms with Gasteiger partial charge in [-0.2, -0.15) is 5.10 Å². The average molecular weight is 139 g/mol. The molecule has 3 heteroatoms. The second-order valence-corrected chi connectivity index (χ2v) is 2.45. The van der Waals surface area contributed by atoms with Crippen LogP contribution in [0.4, 0.5) is 0 Å². The molecule has 0 radical (unpaired) electrons. The van der Waals surface area contributed by atoms with E-state index >= 15 is 0 Å². The van der Waals surface area contributed by atoms with Crippen LogP contribution >= 0.6 is 0 Å². The molecule has 0 saturated heterocycles. The molecule has 0 bridgehead atoms. The van der Waals surface area contributed by atoms with Crippen LogP contribution in [0.3, 0.4) is 0 Å². The second-order valence-electron chi connectivity index (χ2n) is 2.45. The molecule has 1 rings (SSSR count). The van der Waals surface area contributed by atoms with E-state index in [9.17, 15) is 0 Å². The van der Waals surface area contributed by atoms with Crippen LogP contribution in [-0.2, 0) is 0 Å². The molecule has 0 saturated carbocycles. The van der Waals surface area contributed by atoms with Gasteiger partial charge >= 0.3 is 0 Å². The number of nitrogens with zero attached hydrogens (tertiary/aromatic N) is 1. The Kier molecular flexibility index (Phi) is 2.45. The van der Waals surface area contributed by atoms with E-state index in [1.165, 1.54) is 0 Å². The Morgan fingerprint density at radius 2 is 2.60 bits per heavy atom. The number of hydrogen-bond donors (Lipinski definition) is 2. The van der Waals surface area contributed by atoms with Gasteiger partial charge in [-0.1, -0.05) is 6.58 Å². The van der Waals surface area contributed by atoms with E-state index < -0.39 is 0 Å². The second kappa shape index (κ2) is 3.37. The van der Waals surface area contributed by atoms with Crippen LogP contribution in [0.25, 0.3) is 0 Å². The summed E-state index contributed by atoms with van der Waals surface area (Å²) in [5, 5.41) is 3.88. The Morgan fingerprint density at radius 1 is 1.80 bits per heavy atom. The maximum absolute atomic E-state index is 5.36. The van der Waals surface area contributed by atoms with Crippen LogP contribution in [0.15, 0.2) is 17.4 Å². The number of nitrogens with two attached hydrogens (primary N) is 1. The lowest BCUT2D eigenvalue weighted by Crippen LogP contribution is -2.09. The zero-order chi connectivity index (χ0) is 7.40. The molecule has 3 nitrogen and oxygen atoms in total. The van der Waals surface area contributed by atoms with Gasteiger partial charge in [-0.25, -0.2) is 0 Å². The highest BCUT2D eigenvalue weighted by molar-refractivity contribution is 5.67. The number of hydrogen-bond acceptors (Lipinski definition) is 3. The highest BCUT2D eigenvalue weighted by Gasteiger charge is 2.13. The Labute approximate surface area is 61.0 Å². The van der Waals surface area contributed by atoms with Gasteiger partial charge in [0.1, 0.15) is 0 Å². The molecule has 0 aromatic heterocycles. The van der Waals surface area contributed by atoms with Crippen molar-refractivity contribution in [1.82, 2.24) is 5.43 Å².